The van der Waals surface area contributed by atoms with Gasteiger partial charge in [0.15, 0.2) is 0 Å². The molecule has 0 N–H and O–H groups in total. The van der Waals surface area contributed by atoms with Gasteiger partial charge in [-0.25, -0.2) is 4.98 Å². The van der Waals surface area contributed by atoms with Crippen LogP contribution in [0.1, 0.15) is 0 Å². The molecule has 0 aliphatic rings. The highest BCUT2D eigenvalue weighted by atomic mass is 79.9. The van der Waals surface area contributed by atoms with E-state index in [2.05, 4.69) is 69.0 Å². The lowest BCUT2D eigenvalue weighted by Gasteiger charge is -2.07. The first-order valence-corrected chi connectivity index (χ1v) is 10.2. The molecule has 6 aromatic rings. The van der Waals surface area contributed by atoms with Crippen LogP contribution in [-0.2, 0) is 0 Å². The Morgan fingerprint density at radius 3 is 2.45 bits per heavy atom. The Bertz CT molecular complexity index is 1510. The fourth-order valence-electron chi connectivity index (χ4n) is 3.99. The highest BCUT2D eigenvalue weighted by Gasteiger charge is 2.18. The van der Waals surface area contributed by atoms with Gasteiger partial charge in [0.1, 0.15) is 16.8 Å². The number of benzene rings is 3. The van der Waals surface area contributed by atoms with E-state index in [4.69, 9.17) is 9.40 Å². The maximum absolute atomic E-state index is 6.08. The molecule has 0 atom stereocenters. The van der Waals surface area contributed by atoms with Gasteiger partial charge in [-0.1, -0.05) is 54.6 Å². The van der Waals surface area contributed by atoms with E-state index in [0.717, 1.165) is 54.6 Å². The van der Waals surface area contributed by atoms with E-state index >= 15 is 0 Å². The Labute approximate surface area is 175 Å². The van der Waals surface area contributed by atoms with E-state index in [1.54, 1.807) is 0 Å². The number of hydrogen-bond acceptors (Lipinski definition) is 2. The van der Waals surface area contributed by atoms with Gasteiger partial charge >= 0.3 is 0 Å². The summed E-state index contributed by atoms with van der Waals surface area (Å²) in [7, 11) is 0. The first-order chi connectivity index (χ1) is 14.3. The zero-order valence-corrected chi connectivity index (χ0v) is 16.9. The number of rotatable bonds is 2. The minimum Gasteiger partial charge on any atom is -0.455 e. The lowest BCUT2D eigenvalue weighted by molar-refractivity contribution is 0.667. The Hall–Kier alpha value is -3.37. The summed E-state index contributed by atoms with van der Waals surface area (Å²) in [4.78, 5) is 4.98. The van der Waals surface area contributed by atoms with Gasteiger partial charge in [0.25, 0.3) is 0 Å². The zero-order chi connectivity index (χ0) is 19.4. The molecule has 3 aromatic carbocycles. The van der Waals surface area contributed by atoms with E-state index in [0.29, 0.717) is 0 Å². The van der Waals surface area contributed by atoms with Crippen LogP contribution in [0.5, 0.6) is 0 Å². The standard InChI is InChI=1S/C25H15BrN2O/c26-20-15-17(14-19-18-10-4-5-11-21(18)29-25(19)20)23-24(16-8-2-1-3-9-16)28-13-7-6-12-22(28)27-23/h1-15H. The highest BCUT2D eigenvalue weighted by Crippen LogP contribution is 2.40. The second-order valence-corrected chi connectivity index (χ2v) is 7.89. The molecule has 0 amide bonds. The number of nitrogens with zero attached hydrogens (tertiary/aromatic N) is 2. The van der Waals surface area contributed by atoms with Crippen LogP contribution in [0, 0.1) is 0 Å². The average molecular weight is 439 g/mol. The number of hydrogen-bond donors (Lipinski definition) is 0. The second-order valence-electron chi connectivity index (χ2n) is 7.04. The zero-order valence-electron chi connectivity index (χ0n) is 15.3. The largest absolute Gasteiger partial charge is 0.455 e. The van der Waals surface area contributed by atoms with Crippen molar-refractivity contribution < 1.29 is 4.42 Å². The maximum atomic E-state index is 6.08. The summed E-state index contributed by atoms with van der Waals surface area (Å²) in [6.07, 6.45) is 2.06. The van der Waals surface area contributed by atoms with Crippen LogP contribution in [0.15, 0.2) is 100 Å². The van der Waals surface area contributed by atoms with Crippen LogP contribution in [0.3, 0.4) is 0 Å². The normalized spacial score (nSPS) is 11.6. The van der Waals surface area contributed by atoms with Crippen LogP contribution in [0.4, 0.5) is 0 Å². The van der Waals surface area contributed by atoms with Gasteiger partial charge in [-0.15, -0.1) is 0 Å². The number of aromatic nitrogens is 2. The van der Waals surface area contributed by atoms with Crippen LogP contribution < -0.4 is 0 Å². The van der Waals surface area contributed by atoms with Crippen LogP contribution in [0.2, 0.25) is 0 Å². The first kappa shape index (κ1) is 16.6. The summed E-state index contributed by atoms with van der Waals surface area (Å²) in [5, 5.41) is 2.19. The van der Waals surface area contributed by atoms with Gasteiger partial charge in [-0.2, -0.15) is 0 Å². The maximum Gasteiger partial charge on any atom is 0.149 e. The highest BCUT2D eigenvalue weighted by molar-refractivity contribution is 9.10. The summed E-state index contributed by atoms with van der Waals surface area (Å²) in [6.45, 7) is 0. The van der Waals surface area contributed by atoms with E-state index in [9.17, 15) is 0 Å². The fraction of sp³-hybridized carbons (Fsp3) is 0. The van der Waals surface area contributed by atoms with Crippen molar-refractivity contribution in [3.8, 4) is 22.5 Å². The Morgan fingerprint density at radius 2 is 1.55 bits per heavy atom. The van der Waals surface area contributed by atoms with Crippen molar-refractivity contribution in [2.45, 2.75) is 0 Å². The Kier molecular flexibility index (Phi) is 3.61. The van der Waals surface area contributed by atoms with E-state index in [1.807, 2.05) is 42.5 Å². The van der Waals surface area contributed by atoms with Gasteiger partial charge in [-0.3, -0.25) is 4.40 Å². The third-order valence-corrected chi connectivity index (χ3v) is 5.87. The van der Waals surface area contributed by atoms with Crippen molar-refractivity contribution in [1.82, 2.24) is 9.38 Å². The predicted octanol–water partition coefficient (Wildman–Crippen LogP) is 7.33. The molecule has 0 aliphatic heterocycles. The average Bonchev–Trinajstić information content (AvgIpc) is 3.33. The summed E-state index contributed by atoms with van der Waals surface area (Å²) in [5.74, 6) is 0. The van der Waals surface area contributed by atoms with Crippen molar-refractivity contribution in [2.75, 3.05) is 0 Å². The minimum atomic E-state index is 0.861. The number of halogens is 1. The molecule has 0 aliphatic carbocycles. The van der Waals surface area contributed by atoms with E-state index < -0.39 is 0 Å². The summed E-state index contributed by atoms with van der Waals surface area (Å²) in [6, 6.07) is 28.9. The molecular formula is C25H15BrN2O. The van der Waals surface area contributed by atoms with E-state index in [-0.39, 0.29) is 0 Å². The molecule has 6 rings (SSSR count). The Morgan fingerprint density at radius 1 is 0.759 bits per heavy atom. The van der Waals surface area contributed by atoms with Gasteiger partial charge in [0, 0.05) is 28.1 Å². The van der Waals surface area contributed by atoms with Crippen molar-refractivity contribution in [3.05, 3.63) is 95.6 Å². The lowest BCUT2D eigenvalue weighted by atomic mass is 10.0. The van der Waals surface area contributed by atoms with Crippen molar-refractivity contribution >= 4 is 43.5 Å². The Balaban J connectivity index is 1.70. The number of para-hydroxylation sites is 1. The number of furan rings is 1. The fourth-order valence-corrected chi connectivity index (χ4v) is 4.53. The van der Waals surface area contributed by atoms with Crippen LogP contribution in [0.25, 0.3) is 50.1 Å². The molecular weight excluding hydrogens is 424 g/mol. The molecule has 0 saturated carbocycles. The number of pyridine rings is 1. The minimum absolute atomic E-state index is 0.861. The van der Waals surface area contributed by atoms with Crippen LogP contribution in [-0.4, -0.2) is 9.38 Å². The molecule has 3 heterocycles. The second kappa shape index (κ2) is 6.33. The van der Waals surface area contributed by atoms with Crippen LogP contribution >= 0.6 is 15.9 Å². The molecule has 0 radical (unpaired) electrons. The number of imidazole rings is 1. The van der Waals surface area contributed by atoms with E-state index in [1.165, 1.54) is 0 Å². The first-order valence-electron chi connectivity index (χ1n) is 9.43. The molecule has 0 unspecified atom stereocenters. The molecule has 0 spiro atoms. The molecule has 0 fully saturated rings. The van der Waals surface area contributed by atoms with Gasteiger partial charge in [-0.05, 0) is 46.3 Å². The molecule has 0 saturated heterocycles. The quantitative estimate of drug-likeness (QED) is 0.283. The monoisotopic (exact) mass is 438 g/mol. The van der Waals surface area contributed by atoms with Gasteiger partial charge in [0.2, 0.25) is 0 Å². The molecule has 0 bridgehead atoms. The third kappa shape index (κ3) is 2.53. The lowest BCUT2D eigenvalue weighted by Crippen LogP contribution is -1.89. The molecule has 138 valence electrons. The smallest absolute Gasteiger partial charge is 0.149 e. The SMILES string of the molecule is Brc1cc(-c2nc3ccccn3c2-c2ccccc2)cc2c1oc1ccccc12. The third-order valence-electron chi connectivity index (χ3n) is 5.28. The molecule has 3 aromatic heterocycles. The van der Waals surface area contributed by atoms with Gasteiger partial charge < -0.3 is 4.42 Å². The number of fused-ring (bicyclic) bond motifs is 4. The van der Waals surface area contributed by atoms with Gasteiger partial charge in [0.05, 0.1) is 15.9 Å². The van der Waals surface area contributed by atoms with Crippen molar-refractivity contribution in [1.29, 1.82) is 0 Å². The molecule has 3 nitrogen and oxygen atoms in total. The summed E-state index contributed by atoms with van der Waals surface area (Å²) >= 11 is 3.72. The predicted molar refractivity (Wildman–Crippen MR) is 121 cm³/mol. The summed E-state index contributed by atoms with van der Waals surface area (Å²) in [5.41, 5.74) is 6.90. The molecule has 29 heavy (non-hydrogen) atoms. The topological polar surface area (TPSA) is 30.4 Å². The van der Waals surface area contributed by atoms with Crippen molar-refractivity contribution in [2.24, 2.45) is 0 Å². The summed E-state index contributed by atoms with van der Waals surface area (Å²) < 4.78 is 9.15. The molecule has 4 heteroatoms. The van der Waals surface area contributed by atoms with Crippen molar-refractivity contribution in [3.63, 3.8) is 0 Å².